The van der Waals surface area contributed by atoms with Crippen LogP contribution in [0.4, 0.5) is 4.79 Å². The fourth-order valence-corrected chi connectivity index (χ4v) is 2.43. The second kappa shape index (κ2) is 4.94. The van der Waals surface area contributed by atoms with Gasteiger partial charge in [-0.3, -0.25) is 0 Å². The number of nitrogens with zero attached hydrogens (tertiary/aromatic N) is 1. The molecule has 0 bridgehead atoms. The molecular weight excluding hydrogens is 240 g/mol. The highest BCUT2D eigenvalue weighted by molar-refractivity contribution is 6.30. The van der Waals surface area contributed by atoms with Crippen molar-refractivity contribution in [1.82, 2.24) is 4.90 Å². The first-order chi connectivity index (χ1) is 8.08. The van der Waals surface area contributed by atoms with Gasteiger partial charge in [0, 0.05) is 30.1 Å². The summed E-state index contributed by atoms with van der Waals surface area (Å²) in [6.07, 6.45) is -0.201. The fourth-order valence-electron chi connectivity index (χ4n) is 2.23. The molecule has 1 aromatic carbocycles. The van der Waals surface area contributed by atoms with E-state index in [1.807, 2.05) is 18.2 Å². The molecule has 2 atom stereocenters. The number of carbonyl (C=O) groups is 1. The van der Waals surface area contributed by atoms with Crippen molar-refractivity contribution in [2.24, 2.45) is 5.73 Å². The number of likely N-dealkylation sites (tertiary alicyclic amines) is 1. The summed E-state index contributed by atoms with van der Waals surface area (Å²) in [7, 11) is 0. The lowest BCUT2D eigenvalue weighted by Gasteiger charge is -2.35. The van der Waals surface area contributed by atoms with Crippen molar-refractivity contribution in [3.05, 3.63) is 34.9 Å². The van der Waals surface area contributed by atoms with Gasteiger partial charge in [0.05, 0.1) is 0 Å². The number of nitrogens with two attached hydrogens (primary N) is 1. The zero-order chi connectivity index (χ0) is 12.4. The lowest BCUT2D eigenvalue weighted by Crippen LogP contribution is -2.47. The molecule has 17 heavy (non-hydrogen) atoms. The second-order valence-corrected chi connectivity index (χ2v) is 4.78. The summed E-state index contributed by atoms with van der Waals surface area (Å²) >= 11 is 5.94. The van der Waals surface area contributed by atoms with Gasteiger partial charge in [-0.05, 0) is 24.1 Å². The molecule has 1 fully saturated rings. The Kier molecular flexibility index (Phi) is 3.54. The van der Waals surface area contributed by atoms with Crippen LogP contribution >= 0.6 is 11.6 Å². The van der Waals surface area contributed by atoms with Crippen LogP contribution in [0.25, 0.3) is 0 Å². The summed E-state index contributed by atoms with van der Waals surface area (Å²) in [5.41, 5.74) is 7.07. The van der Waals surface area contributed by atoms with E-state index < -0.39 is 6.09 Å². The molecule has 1 aliphatic heterocycles. The molecule has 0 spiro atoms. The van der Waals surface area contributed by atoms with Gasteiger partial charge in [0.2, 0.25) is 0 Å². The van der Waals surface area contributed by atoms with E-state index in [0.29, 0.717) is 24.5 Å². The van der Waals surface area contributed by atoms with Crippen LogP contribution in [0.15, 0.2) is 24.3 Å². The maximum Gasteiger partial charge on any atom is 0.407 e. The van der Waals surface area contributed by atoms with Crippen LogP contribution in [0.3, 0.4) is 0 Å². The summed E-state index contributed by atoms with van der Waals surface area (Å²) in [5, 5.41) is 9.66. The number of amides is 1. The van der Waals surface area contributed by atoms with Crippen LogP contribution in [0.2, 0.25) is 5.02 Å². The predicted octanol–water partition coefficient (Wildman–Crippen LogP) is 2.13. The fraction of sp³-hybridized carbons (Fsp3) is 0.417. The number of hydrogen-bond acceptors (Lipinski definition) is 2. The van der Waals surface area contributed by atoms with Crippen LogP contribution < -0.4 is 5.73 Å². The summed E-state index contributed by atoms with van der Waals surface area (Å²) in [5.74, 6) is 0.0264. The van der Waals surface area contributed by atoms with Gasteiger partial charge in [-0.1, -0.05) is 23.7 Å². The van der Waals surface area contributed by atoms with Gasteiger partial charge in [0.1, 0.15) is 0 Å². The highest BCUT2D eigenvalue weighted by Crippen LogP contribution is 2.27. The molecule has 1 aliphatic rings. The Morgan fingerprint density at radius 1 is 1.53 bits per heavy atom. The smallest absolute Gasteiger partial charge is 0.407 e. The molecule has 1 amide bonds. The van der Waals surface area contributed by atoms with E-state index in [9.17, 15) is 4.79 Å². The Morgan fingerprint density at radius 2 is 2.29 bits per heavy atom. The van der Waals surface area contributed by atoms with Gasteiger partial charge in [-0.2, -0.15) is 0 Å². The average molecular weight is 255 g/mol. The minimum atomic E-state index is -0.885. The first-order valence-corrected chi connectivity index (χ1v) is 5.94. The number of piperidine rings is 1. The van der Waals surface area contributed by atoms with E-state index in [0.717, 1.165) is 5.56 Å². The number of carboxylic acid groups (broad SMARTS) is 1. The highest BCUT2D eigenvalue weighted by atomic mass is 35.5. The van der Waals surface area contributed by atoms with Gasteiger partial charge in [0.15, 0.2) is 0 Å². The predicted molar refractivity (Wildman–Crippen MR) is 66.4 cm³/mol. The SMILES string of the molecule is NC1CCN(C(=O)O)CC1c1cccc(Cl)c1. The molecule has 0 radical (unpaired) electrons. The monoisotopic (exact) mass is 254 g/mol. The lowest BCUT2D eigenvalue weighted by atomic mass is 9.87. The minimum absolute atomic E-state index is 0.0101. The Labute approximate surface area is 105 Å². The van der Waals surface area contributed by atoms with Crippen molar-refractivity contribution in [1.29, 1.82) is 0 Å². The van der Waals surface area contributed by atoms with Gasteiger partial charge < -0.3 is 15.7 Å². The molecule has 2 rings (SSSR count). The van der Waals surface area contributed by atoms with E-state index in [4.69, 9.17) is 22.4 Å². The topological polar surface area (TPSA) is 66.6 Å². The zero-order valence-electron chi connectivity index (χ0n) is 9.34. The molecule has 2 unspecified atom stereocenters. The van der Waals surface area contributed by atoms with Crippen LogP contribution in [-0.2, 0) is 0 Å². The molecule has 1 heterocycles. The van der Waals surface area contributed by atoms with Crippen LogP contribution in [0.1, 0.15) is 17.9 Å². The maximum atomic E-state index is 11.0. The number of rotatable bonds is 1. The van der Waals surface area contributed by atoms with Crippen LogP contribution in [0, 0.1) is 0 Å². The minimum Gasteiger partial charge on any atom is -0.465 e. The van der Waals surface area contributed by atoms with Crippen molar-refractivity contribution in [3.63, 3.8) is 0 Å². The molecule has 92 valence electrons. The number of halogens is 1. The Hall–Kier alpha value is -1.26. The summed E-state index contributed by atoms with van der Waals surface area (Å²) in [4.78, 5) is 12.4. The molecule has 3 N–H and O–H groups in total. The van der Waals surface area contributed by atoms with Gasteiger partial charge in [-0.15, -0.1) is 0 Å². The van der Waals surface area contributed by atoms with Crippen LogP contribution in [-0.4, -0.2) is 35.2 Å². The summed E-state index contributed by atoms with van der Waals surface area (Å²) in [6, 6.07) is 7.46. The third-order valence-corrected chi connectivity index (χ3v) is 3.45. The Morgan fingerprint density at radius 3 is 2.94 bits per heavy atom. The molecule has 0 aromatic heterocycles. The zero-order valence-corrected chi connectivity index (χ0v) is 10.1. The van der Waals surface area contributed by atoms with E-state index >= 15 is 0 Å². The molecule has 5 heteroatoms. The molecule has 1 aromatic rings. The molecular formula is C12H15ClN2O2. The number of hydrogen-bond donors (Lipinski definition) is 2. The average Bonchev–Trinajstić information content (AvgIpc) is 2.29. The van der Waals surface area contributed by atoms with Crippen LogP contribution in [0.5, 0.6) is 0 Å². The molecule has 0 aliphatic carbocycles. The van der Waals surface area contributed by atoms with Crippen molar-refractivity contribution >= 4 is 17.7 Å². The third kappa shape index (κ3) is 2.70. The highest BCUT2D eigenvalue weighted by Gasteiger charge is 2.30. The van der Waals surface area contributed by atoms with Gasteiger partial charge >= 0.3 is 6.09 Å². The van der Waals surface area contributed by atoms with E-state index in [1.165, 1.54) is 4.90 Å². The molecule has 0 saturated carbocycles. The lowest BCUT2D eigenvalue weighted by molar-refractivity contribution is 0.126. The maximum absolute atomic E-state index is 11.0. The summed E-state index contributed by atoms with van der Waals surface area (Å²) in [6.45, 7) is 0.949. The van der Waals surface area contributed by atoms with Crippen molar-refractivity contribution < 1.29 is 9.90 Å². The molecule has 1 saturated heterocycles. The second-order valence-electron chi connectivity index (χ2n) is 4.34. The first kappa shape index (κ1) is 12.2. The summed E-state index contributed by atoms with van der Waals surface area (Å²) < 4.78 is 0. The van der Waals surface area contributed by atoms with Crippen molar-refractivity contribution in [2.45, 2.75) is 18.4 Å². The van der Waals surface area contributed by atoms with Gasteiger partial charge in [-0.25, -0.2) is 4.79 Å². The normalized spacial score (nSPS) is 24.7. The van der Waals surface area contributed by atoms with E-state index in [2.05, 4.69) is 0 Å². The molecule has 4 nitrogen and oxygen atoms in total. The van der Waals surface area contributed by atoms with E-state index in [-0.39, 0.29) is 12.0 Å². The van der Waals surface area contributed by atoms with Crippen molar-refractivity contribution in [2.75, 3.05) is 13.1 Å². The Balaban J connectivity index is 2.20. The standard InChI is InChI=1S/C12H15ClN2O2/c13-9-3-1-2-8(6-9)10-7-15(12(16)17)5-4-11(10)14/h1-3,6,10-11H,4-5,7,14H2,(H,16,17). The quantitative estimate of drug-likeness (QED) is 0.807. The number of benzene rings is 1. The van der Waals surface area contributed by atoms with Crippen molar-refractivity contribution in [3.8, 4) is 0 Å². The first-order valence-electron chi connectivity index (χ1n) is 5.57. The Bertz CT molecular complexity index is 425. The van der Waals surface area contributed by atoms with Gasteiger partial charge in [0.25, 0.3) is 0 Å². The largest absolute Gasteiger partial charge is 0.465 e. The third-order valence-electron chi connectivity index (χ3n) is 3.21. The van der Waals surface area contributed by atoms with E-state index in [1.54, 1.807) is 6.07 Å².